The SMILES string of the molecule is Br.O=c1[nH]oc2c1CNCC2. The van der Waals surface area contributed by atoms with Crippen molar-refractivity contribution in [3.05, 3.63) is 21.7 Å². The van der Waals surface area contributed by atoms with Crippen LogP contribution in [-0.4, -0.2) is 11.7 Å². The highest BCUT2D eigenvalue weighted by atomic mass is 79.9. The summed E-state index contributed by atoms with van der Waals surface area (Å²) in [6, 6.07) is 0. The molecule has 0 aliphatic carbocycles. The summed E-state index contributed by atoms with van der Waals surface area (Å²) in [7, 11) is 0. The normalized spacial score (nSPS) is 15.3. The van der Waals surface area contributed by atoms with Crippen LogP contribution in [0.4, 0.5) is 0 Å². The molecule has 4 nitrogen and oxygen atoms in total. The second kappa shape index (κ2) is 3.23. The van der Waals surface area contributed by atoms with Gasteiger partial charge in [0.1, 0.15) is 5.76 Å². The lowest BCUT2D eigenvalue weighted by Crippen LogP contribution is -2.26. The molecule has 0 saturated carbocycles. The third-order valence-corrected chi connectivity index (χ3v) is 1.71. The van der Waals surface area contributed by atoms with Gasteiger partial charge in [-0.05, 0) is 0 Å². The highest BCUT2D eigenvalue weighted by Gasteiger charge is 2.15. The molecule has 0 aromatic carbocycles. The van der Waals surface area contributed by atoms with Crippen molar-refractivity contribution in [3.63, 3.8) is 0 Å². The van der Waals surface area contributed by atoms with E-state index in [1.54, 1.807) is 0 Å². The van der Waals surface area contributed by atoms with Gasteiger partial charge in [0.2, 0.25) is 0 Å². The van der Waals surface area contributed by atoms with Crippen LogP contribution >= 0.6 is 17.0 Å². The Kier molecular flexibility index (Phi) is 2.51. The largest absolute Gasteiger partial charge is 0.383 e. The second-order valence-electron chi connectivity index (χ2n) is 2.36. The van der Waals surface area contributed by atoms with Gasteiger partial charge in [0.05, 0.1) is 5.56 Å². The number of aromatic nitrogens is 1. The fraction of sp³-hybridized carbons (Fsp3) is 0.500. The van der Waals surface area contributed by atoms with Gasteiger partial charge in [0, 0.05) is 19.5 Å². The molecule has 0 spiro atoms. The molecule has 0 saturated heterocycles. The molecular weight excluding hydrogens is 212 g/mol. The fourth-order valence-electron chi connectivity index (χ4n) is 1.15. The molecule has 1 aromatic rings. The number of rotatable bonds is 0. The minimum absolute atomic E-state index is 0. The van der Waals surface area contributed by atoms with E-state index in [4.69, 9.17) is 4.52 Å². The predicted octanol–water partition coefficient (Wildman–Crippen LogP) is 0.192. The highest BCUT2D eigenvalue weighted by molar-refractivity contribution is 8.93. The summed E-state index contributed by atoms with van der Waals surface area (Å²) >= 11 is 0. The molecule has 1 aromatic heterocycles. The first-order chi connectivity index (χ1) is 4.88. The summed E-state index contributed by atoms with van der Waals surface area (Å²) in [6.45, 7) is 1.54. The van der Waals surface area contributed by atoms with Crippen molar-refractivity contribution in [2.45, 2.75) is 13.0 Å². The summed E-state index contributed by atoms with van der Waals surface area (Å²) in [5, 5.41) is 5.40. The minimum atomic E-state index is -0.0952. The van der Waals surface area contributed by atoms with Crippen LogP contribution in [0.3, 0.4) is 0 Å². The molecule has 0 amide bonds. The van der Waals surface area contributed by atoms with E-state index in [1.165, 1.54) is 0 Å². The van der Waals surface area contributed by atoms with Crippen LogP contribution in [0.2, 0.25) is 0 Å². The molecule has 62 valence electrons. The quantitative estimate of drug-likeness (QED) is 0.657. The zero-order chi connectivity index (χ0) is 6.97. The van der Waals surface area contributed by atoms with Crippen LogP contribution in [0.15, 0.2) is 9.32 Å². The van der Waals surface area contributed by atoms with Crippen molar-refractivity contribution in [2.75, 3.05) is 6.54 Å². The third-order valence-electron chi connectivity index (χ3n) is 1.71. The molecule has 2 N–H and O–H groups in total. The molecule has 1 aliphatic rings. The lowest BCUT2D eigenvalue weighted by Gasteiger charge is -2.07. The molecule has 0 unspecified atom stereocenters. The Labute approximate surface area is 73.7 Å². The number of aromatic amines is 1. The van der Waals surface area contributed by atoms with Crippen molar-refractivity contribution in [2.24, 2.45) is 0 Å². The van der Waals surface area contributed by atoms with Crippen LogP contribution in [0.1, 0.15) is 11.3 Å². The lowest BCUT2D eigenvalue weighted by atomic mass is 10.1. The summed E-state index contributed by atoms with van der Waals surface area (Å²) in [6.07, 6.45) is 0.814. The number of fused-ring (bicyclic) bond motifs is 1. The molecule has 0 fully saturated rings. The average molecular weight is 221 g/mol. The smallest absolute Gasteiger partial charge is 0.284 e. The van der Waals surface area contributed by atoms with E-state index in [0.29, 0.717) is 6.54 Å². The maximum absolute atomic E-state index is 10.9. The fourth-order valence-corrected chi connectivity index (χ4v) is 1.15. The van der Waals surface area contributed by atoms with Gasteiger partial charge >= 0.3 is 0 Å². The Balaban J connectivity index is 0.000000605. The molecule has 2 heterocycles. The Morgan fingerprint density at radius 3 is 3.00 bits per heavy atom. The number of nitrogens with one attached hydrogen (secondary N) is 2. The Bertz CT molecular complexity index is 291. The van der Waals surface area contributed by atoms with Crippen molar-refractivity contribution in [1.29, 1.82) is 0 Å². The van der Waals surface area contributed by atoms with Gasteiger partial charge in [-0.1, -0.05) is 0 Å². The first kappa shape index (κ1) is 8.55. The summed E-state index contributed by atoms with van der Waals surface area (Å²) < 4.78 is 4.91. The van der Waals surface area contributed by atoms with Crippen molar-refractivity contribution in [1.82, 2.24) is 10.5 Å². The van der Waals surface area contributed by atoms with Crippen molar-refractivity contribution in [3.8, 4) is 0 Å². The van der Waals surface area contributed by atoms with Crippen LogP contribution < -0.4 is 10.9 Å². The number of hydrogen-bond donors (Lipinski definition) is 2. The van der Waals surface area contributed by atoms with Gasteiger partial charge in [-0.25, -0.2) is 0 Å². The maximum Gasteiger partial charge on any atom is 0.284 e. The van der Waals surface area contributed by atoms with Crippen molar-refractivity contribution >= 4 is 17.0 Å². The van der Waals surface area contributed by atoms with E-state index in [1.807, 2.05) is 0 Å². The molecule has 0 bridgehead atoms. The van der Waals surface area contributed by atoms with Gasteiger partial charge in [-0.2, -0.15) is 5.16 Å². The standard InChI is InChI=1S/C6H8N2O2.BrH/c9-6-4-3-7-2-1-5(4)10-8-6;/h7H,1-3H2,(H,8,9);1H. The predicted molar refractivity (Wildman–Crippen MR) is 45.1 cm³/mol. The molecule has 2 rings (SSSR count). The Hall–Kier alpha value is -0.550. The third kappa shape index (κ3) is 1.39. The second-order valence-corrected chi connectivity index (χ2v) is 2.36. The molecule has 0 radical (unpaired) electrons. The van der Waals surface area contributed by atoms with Gasteiger partial charge in [-0.15, -0.1) is 17.0 Å². The zero-order valence-electron chi connectivity index (χ0n) is 5.85. The molecule has 5 heteroatoms. The lowest BCUT2D eigenvalue weighted by molar-refractivity contribution is 0.369. The van der Waals surface area contributed by atoms with Crippen LogP contribution in [0.5, 0.6) is 0 Å². The maximum atomic E-state index is 10.9. The van der Waals surface area contributed by atoms with Gasteiger partial charge in [0.15, 0.2) is 0 Å². The number of H-pyrrole nitrogens is 1. The van der Waals surface area contributed by atoms with Gasteiger partial charge in [-0.3, -0.25) is 4.79 Å². The van der Waals surface area contributed by atoms with Crippen LogP contribution in [0, 0.1) is 0 Å². The molecule has 0 atom stereocenters. The summed E-state index contributed by atoms with van der Waals surface area (Å²) in [4.78, 5) is 10.9. The van der Waals surface area contributed by atoms with E-state index in [2.05, 4.69) is 10.5 Å². The van der Waals surface area contributed by atoms with E-state index < -0.39 is 0 Å². The molecular formula is C6H9BrN2O2. The van der Waals surface area contributed by atoms with Gasteiger partial charge < -0.3 is 9.84 Å². The Morgan fingerprint density at radius 1 is 1.45 bits per heavy atom. The van der Waals surface area contributed by atoms with E-state index >= 15 is 0 Å². The van der Waals surface area contributed by atoms with E-state index in [-0.39, 0.29) is 22.5 Å². The first-order valence-corrected chi connectivity index (χ1v) is 3.28. The van der Waals surface area contributed by atoms with Crippen molar-refractivity contribution < 1.29 is 4.52 Å². The topological polar surface area (TPSA) is 58.0 Å². The zero-order valence-corrected chi connectivity index (χ0v) is 7.56. The van der Waals surface area contributed by atoms with E-state index in [0.717, 1.165) is 24.3 Å². The van der Waals surface area contributed by atoms with Gasteiger partial charge in [0.25, 0.3) is 5.56 Å². The van der Waals surface area contributed by atoms with Crippen LogP contribution in [-0.2, 0) is 13.0 Å². The first-order valence-electron chi connectivity index (χ1n) is 3.28. The molecule has 1 aliphatic heterocycles. The average Bonchev–Trinajstić information content (AvgIpc) is 2.34. The summed E-state index contributed by atoms with van der Waals surface area (Å²) in [5.74, 6) is 0.809. The van der Waals surface area contributed by atoms with E-state index in [9.17, 15) is 4.79 Å². The number of halogens is 1. The molecule has 11 heavy (non-hydrogen) atoms. The highest BCUT2D eigenvalue weighted by Crippen LogP contribution is 2.06. The monoisotopic (exact) mass is 220 g/mol. The number of hydrogen-bond acceptors (Lipinski definition) is 3. The Morgan fingerprint density at radius 2 is 2.27 bits per heavy atom. The van der Waals surface area contributed by atoms with Crippen LogP contribution in [0.25, 0.3) is 0 Å². The summed E-state index contributed by atoms with van der Waals surface area (Å²) in [5.41, 5.74) is 0.661. The minimum Gasteiger partial charge on any atom is -0.383 e.